The molecule has 0 saturated carbocycles. The molecule has 1 amide bonds. The molecule has 1 aromatic heterocycles. The molecule has 2 aromatic carbocycles. The fourth-order valence-corrected chi connectivity index (χ4v) is 6.12. The monoisotopic (exact) mass is 394 g/mol. The summed E-state index contributed by atoms with van der Waals surface area (Å²) in [4.78, 5) is 13.4. The number of benzene rings is 2. The summed E-state index contributed by atoms with van der Waals surface area (Å²) in [6.45, 7) is 0. The molecule has 3 aromatic rings. The van der Waals surface area contributed by atoms with Crippen LogP contribution in [0.5, 0.6) is 0 Å². The Balaban J connectivity index is 1.81. The Labute approximate surface area is 160 Å². The smallest absolute Gasteiger partial charge is 0.225 e. The van der Waals surface area contributed by atoms with Crippen molar-refractivity contribution in [3.63, 3.8) is 0 Å². The highest BCUT2D eigenvalue weighted by molar-refractivity contribution is 7.91. The van der Waals surface area contributed by atoms with Crippen LogP contribution < -0.4 is 5.32 Å². The largest absolute Gasteiger partial charge is 0.324 e. The van der Waals surface area contributed by atoms with Gasteiger partial charge >= 0.3 is 0 Å². The van der Waals surface area contributed by atoms with Gasteiger partial charge in [0.05, 0.1) is 22.2 Å². The van der Waals surface area contributed by atoms with Crippen LogP contribution in [0.4, 0.5) is 5.69 Å². The van der Waals surface area contributed by atoms with Crippen molar-refractivity contribution in [2.75, 3.05) is 5.32 Å². The van der Waals surface area contributed by atoms with Crippen molar-refractivity contribution in [3.8, 4) is 6.07 Å². The number of fused-ring (bicyclic) bond motifs is 1. The number of sulfone groups is 1. The zero-order valence-corrected chi connectivity index (χ0v) is 15.7. The lowest BCUT2D eigenvalue weighted by Gasteiger charge is -2.23. The molecular weight excluding hydrogens is 380 g/mol. The Kier molecular flexibility index (Phi) is 4.30. The number of nitriles is 1. The van der Waals surface area contributed by atoms with Crippen molar-refractivity contribution in [2.45, 2.75) is 22.1 Å². The predicted octanol–water partition coefficient (Wildman–Crippen LogP) is 3.93. The average Bonchev–Trinajstić information content (AvgIpc) is 3.12. The van der Waals surface area contributed by atoms with E-state index in [9.17, 15) is 13.2 Å². The minimum Gasteiger partial charge on any atom is -0.324 e. The maximum atomic E-state index is 13.0. The van der Waals surface area contributed by atoms with E-state index in [0.29, 0.717) is 11.3 Å². The van der Waals surface area contributed by atoms with Crippen molar-refractivity contribution in [3.05, 3.63) is 76.0 Å². The number of amides is 1. The number of hydrogen-bond donors (Lipinski definition) is 1. The Morgan fingerprint density at radius 2 is 1.78 bits per heavy atom. The third kappa shape index (κ3) is 3.03. The number of carbonyl (C=O) groups is 1. The maximum absolute atomic E-state index is 13.0. The van der Waals surface area contributed by atoms with Gasteiger partial charge in [-0.15, -0.1) is 11.3 Å². The van der Waals surface area contributed by atoms with E-state index in [1.807, 2.05) is 12.1 Å². The van der Waals surface area contributed by atoms with Gasteiger partial charge in [0.2, 0.25) is 15.7 Å². The van der Waals surface area contributed by atoms with Crippen LogP contribution in [0.1, 0.15) is 28.3 Å². The van der Waals surface area contributed by atoms with Crippen molar-refractivity contribution >= 4 is 32.8 Å². The lowest BCUT2D eigenvalue weighted by Crippen LogP contribution is -2.23. The molecule has 0 saturated heterocycles. The van der Waals surface area contributed by atoms with E-state index >= 15 is 0 Å². The van der Waals surface area contributed by atoms with Crippen LogP contribution in [0.3, 0.4) is 0 Å². The molecule has 1 atom stereocenters. The third-order valence-electron chi connectivity index (χ3n) is 4.54. The second-order valence-corrected chi connectivity index (χ2v) is 9.02. The maximum Gasteiger partial charge on any atom is 0.225 e. The molecule has 5 nitrogen and oxygen atoms in total. The molecule has 27 heavy (non-hydrogen) atoms. The van der Waals surface area contributed by atoms with Gasteiger partial charge in [0.25, 0.3) is 0 Å². The molecule has 4 rings (SSSR count). The van der Waals surface area contributed by atoms with E-state index < -0.39 is 9.84 Å². The van der Waals surface area contributed by atoms with Crippen LogP contribution in [0.25, 0.3) is 0 Å². The Morgan fingerprint density at radius 3 is 2.44 bits per heavy atom. The van der Waals surface area contributed by atoms with E-state index in [2.05, 4.69) is 11.4 Å². The predicted molar refractivity (Wildman–Crippen MR) is 102 cm³/mol. The van der Waals surface area contributed by atoms with Crippen molar-refractivity contribution in [1.29, 1.82) is 5.26 Å². The summed E-state index contributed by atoms with van der Waals surface area (Å²) in [5.74, 6) is -0.453. The highest BCUT2D eigenvalue weighted by Gasteiger charge is 2.34. The first-order valence-electron chi connectivity index (χ1n) is 8.22. The average molecular weight is 394 g/mol. The molecule has 0 fully saturated rings. The van der Waals surface area contributed by atoms with Crippen molar-refractivity contribution in [2.24, 2.45) is 0 Å². The minimum absolute atomic E-state index is 0.125. The van der Waals surface area contributed by atoms with Gasteiger partial charge < -0.3 is 5.32 Å². The summed E-state index contributed by atoms with van der Waals surface area (Å²) < 4.78 is 26.0. The minimum atomic E-state index is -3.72. The van der Waals surface area contributed by atoms with Crippen LogP contribution in [0, 0.1) is 11.3 Å². The molecule has 0 aliphatic carbocycles. The van der Waals surface area contributed by atoms with Gasteiger partial charge in [0, 0.05) is 22.6 Å². The number of thiophene rings is 1. The second-order valence-electron chi connectivity index (χ2n) is 6.19. The molecule has 7 heteroatoms. The van der Waals surface area contributed by atoms with Crippen LogP contribution in [0.15, 0.2) is 69.8 Å². The van der Waals surface area contributed by atoms with E-state index in [1.165, 1.54) is 11.3 Å². The van der Waals surface area contributed by atoms with Gasteiger partial charge in [-0.3, -0.25) is 4.79 Å². The number of carbonyl (C=O) groups excluding carboxylic acids is 1. The summed E-state index contributed by atoms with van der Waals surface area (Å²) >= 11 is 1.33. The molecule has 134 valence electrons. The van der Waals surface area contributed by atoms with Gasteiger partial charge in [0.15, 0.2) is 0 Å². The standard InChI is InChI=1S/C20H14N2O3S2/c21-11-13-6-8-14(9-7-13)16-10-18(23)22-19-17(12-26-20(16)19)27(24,25)15-4-2-1-3-5-15/h1-9,12,16H,10H2,(H,22,23)/t16-/m1/s1. The second kappa shape index (κ2) is 6.65. The summed E-state index contributed by atoms with van der Waals surface area (Å²) in [5.41, 5.74) is 1.79. The number of rotatable bonds is 3. The number of anilines is 1. The van der Waals surface area contributed by atoms with Gasteiger partial charge in [0.1, 0.15) is 4.90 Å². The highest BCUT2D eigenvalue weighted by Crippen LogP contribution is 2.45. The molecule has 1 N–H and O–H groups in total. The van der Waals surface area contributed by atoms with E-state index in [1.54, 1.807) is 47.8 Å². The molecular formula is C20H14N2O3S2. The fraction of sp³-hybridized carbons (Fsp3) is 0.100. The molecule has 0 radical (unpaired) electrons. The quantitative estimate of drug-likeness (QED) is 0.729. The van der Waals surface area contributed by atoms with Crippen molar-refractivity contribution in [1.82, 2.24) is 0 Å². The van der Waals surface area contributed by atoms with Crippen molar-refractivity contribution < 1.29 is 13.2 Å². The van der Waals surface area contributed by atoms with Gasteiger partial charge in [-0.05, 0) is 29.8 Å². The summed E-state index contributed by atoms with van der Waals surface area (Å²) in [5, 5.41) is 13.3. The van der Waals surface area contributed by atoms with E-state index in [4.69, 9.17) is 5.26 Å². The van der Waals surface area contributed by atoms with Crippen LogP contribution >= 0.6 is 11.3 Å². The molecule has 2 heterocycles. The fourth-order valence-electron chi connectivity index (χ4n) is 3.19. The first-order valence-corrected chi connectivity index (χ1v) is 10.6. The SMILES string of the molecule is N#Cc1ccc([C@H]2CC(=O)Nc3c(S(=O)(=O)c4ccccc4)csc32)cc1. The molecule has 0 spiro atoms. The summed E-state index contributed by atoms with van der Waals surface area (Å²) in [7, 11) is -3.72. The van der Waals surface area contributed by atoms with Gasteiger partial charge in [-0.25, -0.2) is 8.42 Å². The van der Waals surface area contributed by atoms with Gasteiger partial charge in [-0.1, -0.05) is 30.3 Å². The normalized spacial score (nSPS) is 16.3. The topological polar surface area (TPSA) is 87.0 Å². The number of nitrogens with zero attached hydrogens (tertiary/aromatic N) is 1. The van der Waals surface area contributed by atoms with Crippen LogP contribution in [-0.2, 0) is 14.6 Å². The molecule has 1 aliphatic heterocycles. The Morgan fingerprint density at radius 1 is 1.07 bits per heavy atom. The Hall–Kier alpha value is -2.95. The summed E-state index contributed by atoms with van der Waals surface area (Å²) in [6, 6.07) is 17.3. The highest BCUT2D eigenvalue weighted by atomic mass is 32.2. The lowest BCUT2D eigenvalue weighted by atomic mass is 9.90. The molecule has 0 unspecified atom stereocenters. The zero-order chi connectivity index (χ0) is 19.0. The van der Waals surface area contributed by atoms with Crippen LogP contribution in [-0.4, -0.2) is 14.3 Å². The molecule has 1 aliphatic rings. The first-order chi connectivity index (χ1) is 13.0. The van der Waals surface area contributed by atoms with Crippen LogP contribution in [0.2, 0.25) is 0 Å². The molecule has 0 bridgehead atoms. The lowest BCUT2D eigenvalue weighted by molar-refractivity contribution is -0.116. The third-order valence-corrected chi connectivity index (χ3v) is 7.58. The first kappa shape index (κ1) is 17.5. The summed E-state index contributed by atoms with van der Waals surface area (Å²) in [6.07, 6.45) is 0.240. The van der Waals surface area contributed by atoms with E-state index in [-0.39, 0.29) is 28.0 Å². The Bertz CT molecular complexity index is 1160. The number of nitrogens with one attached hydrogen (secondary N) is 1. The van der Waals surface area contributed by atoms with Gasteiger partial charge in [-0.2, -0.15) is 5.26 Å². The number of hydrogen-bond acceptors (Lipinski definition) is 5. The van der Waals surface area contributed by atoms with E-state index in [0.717, 1.165) is 10.4 Å². The zero-order valence-electron chi connectivity index (χ0n) is 14.0.